The zero-order valence-electron chi connectivity index (χ0n) is 19.9. The molecule has 7 heteroatoms. The molecule has 29 heavy (non-hydrogen) atoms. The number of rotatable bonds is 17. The van der Waals surface area contributed by atoms with Crippen LogP contribution in [0.4, 0.5) is 0 Å². The molecule has 0 N–H and O–H groups in total. The van der Waals surface area contributed by atoms with Crippen LogP contribution in [-0.4, -0.2) is 61.7 Å². The maximum atomic E-state index is 10.7. The van der Waals surface area contributed by atoms with Gasteiger partial charge in [0.25, 0.3) is 0 Å². The number of hydrogen-bond donors (Lipinski definition) is 0. The van der Waals surface area contributed by atoms with Crippen LogP contribution >= 0.6 is 0 Å². The number of carbonyl (C=O) groups is 1. The van der Waals surface area contributed by atoms with Crippen molar-refractivity contribution >= 4 is 14.6 Å². The Labute approximate surface area is 179 Å². The van der Waals surface area contributed by atoms with E-state index in [9.17, 15) is 4.79 Å². The first-order chi connectivity index (χ1) is 13.6. The van der Waals surface area contributed by atoms with Crippen molar-refractivity contribution in [3.63, 3.8) is 0 Å². The standard InChI is InChI=1S/C22H44O6Si/c1-19(10-9-13-23)16-21(27-18-25-6)20(11-14-26-17-24-5)12-15-28-29(7,8)22(2,3)4/h13,16,20-21H,9-12,14-15,17-18H2,1-8H3/b19-16+/t20-,21-/m1/s1. The van der Waals surface area contributed by atoms with Crippen LogP contribution in [0, 0.1) is 5.92 Å². The van der Waals surface area contributed by atoms with Crippen molar-refractivity contribution in [1.82, 2.24) is 0 Å². The third-order valence-corrected chi connectivity index (χ3v) is 10.1. The maximum Gasteiger partial charge on any atom is 0.191 e. The Hall–Kier alpha value is -0.573. The van der Waals surface area contributed by atoms with E-state index in [1.165, 1.54) is 0 Å². The fourth-order valence-corrected chi connectivity index (χ4v) is 3.71. The predicted molar refractivity (Wildman–Crippen MR) is 120 cm³/mol. The van der Waals surface area contributed by atoms with Crippen molar-refractivity contribution in [1.29, 1.82) is 0 Å². The minimum atomic E-state index is -1.80. The van der Waals surface area contributed by atoms with Gasteiger partial charge in [-0.3, -0.25) is 0 Å². The van der Waals surface area contributed by atoms with Crippen molar-refractivity contribution in [2.45, 2.75) is 77.6 Å². The highest BCUT2D eigenvalue weighted by molar-refractivity contribution is 6.74. The van der Waals surface area contributed by atoms with Crippen LogP contribution in [0.3, 0.4) is 0 Å². The normalized spacial score (nSPS) is 15.4. The van der Waals surface area contributed by atoms with Gasteiger partial charge in [-0.25, -0.2) is 0 Å². The SMILES string of the molecule is COCOCC[C@H](CCO[Si](C)(C)C(C)(C)C)[C@@H](/C=C(\C)CCC=O)OCOC. The first kappa shape index (κ1) is 28.4. The van der Waals surface area contributed by atoms with Crippen molar-refractivity contribution in [2.24, 2.45) is 5.92 Å². The van der Waals surface area contributed by atoms with Crippen molar-refractivity contribution in [3.05, 3.63) is 11.6 Å². The lowest BCUT2D eigenvalue weighted by Gasteiger charge is -2.37. The Morgan fingerprint density at radius 2 is 1.66 bits per heavy atom. The van der Waals surface area contributed by atoms with E-state index in [0.717, 1.165) is 31.1 Å². The molecule has 0 amide bonds. The quantitative estimate of drug-likeness (QED) is 0.107. The van der Waals surface area contributed by atoms with Crippen molar-refractivity contribution in [3.8, 4) is 0 Å². The molecular formula is C22H44O6Si. The smallest absolute Gasteiger partial charge is 0.191 e. The summed E-state index contributed by atoms with van der Waals surface area (Å²) in [4.78, 5) is 10.7. The monoisotopic (exact) mass is 432 g/mol. The molecule has 0 aliphatic carbocycles. The maximum absolute atomic E-state index is 10.7. The summed E-state index contributed by atoms with van der Waals surface area (Å²) in [6, 6.07) is 0. The Morgan fingerprint density at radius 3 is 2.21 bits per heavy atom. The summed E-state index contributed by atoms with van der Waals surface area (Å²) < 4.78 is 28.1. The van der Waals surface area contributed by atoms with E-state index >= 15 is 0 Å². The number of ether oxygens (including phenoxy) is 4. The molecule has 0 fully saturated rings. The largest absolute Gasteiger partial charge is 0.417 e. The van der Waals surface area contributed by atoms with Gasteiger partial charge in [-0.2, -0.15) is 0 Å². The van der Waals surface area contributed by atoms with Crippen LogP contribution < -0.4 is 0 Å². The highest BCUT2D eigenvalue weighted by atomic mass is 28.4. The van der Waals surface area contributed by atoms with E-state index < -0.39 is 8.32 Å². The predicted octanol–water partition coefficient (Wildman–Crippen LogP) is 4.94. The molecular weight excluding hydrogens is 388 g/mol. The molecule has 6 nitrogen and oxygen atoms in total. The summed E-state index contributed by atoms with van der Waals surface area (Å²) in [5.41, 5.74) is 1.14. The van der Waals surface area contributed by atoms with Crippen LogP contribution in [0.25, 0.3) is 0 Å². The van der Waals surface area contributed by atoms with Gasteiger partial charge in [-0.05, 0) is 50.2 Å². The molecule has 0 rings (SSSR count). The third-order valence-electron chi connectivity index (χ3n) is 5.54. The number of aldehydes is 1. The molecule has 172 valence electrons. The minimum Gasteiger partial charge on any atom is -0.417 e. The summed E-state index contributed by atoms with van der Waals surface area (Å²) in [5, 5.41) is 0.182. The van der Waals surface area contributed by atoms with Crippen molar-refractivity contribution < 1.29 is 28.2 Å². The third kappa shape index (κ3) is 12.7. The Balaban J connectivity index is 5.17. The van der Waals surface area contributed by atoms with E-state index in [1.54, 1.807) is 14.2 Å². The van der Waals surface area contributed by atoms with Gasteiger partial charge < -0.3 is 28.2 Å². The lowest BCUT2D eigenvalue weighted by Crippen LogP contribution is -2.41. The fraction of sp³-hybridized carbons (Fsp3) is 0.864. The molecule has 0 aromatic heterocycles. The lowest BCUT2D eigenvalue weighted by molar-refractivity contribution is -0.107. The van der Waals surface area contributed by atoms with Crippen LogP contribution in [0.5, 0.6) is 0 Å². The first-order valence-electron chi connectivity index (χ1n) is 10.5. The van der Waals surface area contributed by atoms with E-state index in [1.807, 2.05) is 6.92 Å². The molecule has 0 aliphatic heterocycles. The van der Waals surface area contributed by atoms with Gasteiger partial charge in [0.1, 0.15) is 19.9 Å². The second-order valence-electron chi connectivity index (χ2n) is 9.02. The average Bonchev–Trinajstić information content (AvgIpc) is 2.64. The van der Waals surface area contributed by atoms with E-state index in [-0.39, 0.29) is 30.6 Å². The molecule has 0 spiro atoms. The van der Waals surface area contributed by atoms with E-state index in [4.69, 9.17) is 23.4 Å². The van der Waals surface area contributed by atoms with Crippen LogP contribution in [-0.2, 0) is 28.2 Å². The number of methoxy groups -OCH3 is 2. The van der Waals surface area contributed by atoms with Gasteiger partial charge in [0, 0.05) is 33.9 Å². The van der Waals surface area contributed by atoms with Crippen molar-refractivity contribution in [2.75, 3.05) is 41.0 Å². The fourth-order valence-electron chi connectivity index (χ4n) is 2.65. The molecule has 0 unspecified atom stereocenters. The van der Waals surface area contributed by atoms with Gasteiger partial charge in [0.15, 0.2) is 8.32 Å². The summed E-state index contributed by atoms with van der Waals surface area (Å²) in [7, 11) is 1.45. The number of allylic oxidation sites excluding steroid dienone is 1. The van der Waals surface area contributed by atoms with Gasteiger partial charge in [0.05, 0.1) is 6.10 Å². The highest BCUT2D eigenvalue weighted by Crippen LogP contribution is 2.37. The van der Waals surface area contributed by atoms with Crippen LogP contribution in [0.1, 0.15) is 53.4 Å². The molecule has 0 saturated carbocycles. The molecule has 0 bridgehead atoms. The van der Waals surface area contributed by atoms with Gasteiger partial charge in [-0.15, -0.1) is 0 Å². The van der Waals surface area contributed by atoms with Gasteiger partial charge in [0.2, 0.25) is 0 Å². The zero-order chi connectivity index (χ0) is 22.3. The Kier molecular flexibility index (Phi) is 15.0. The molecule has 0 saturated heterocycles. The molecule has 0 heterocycles. The molecule has 0 aliphatic rings. The van der Waals surface area contributed by atoms with E-state index in [0.29, 0.717) is 19.6 Å². The van der Waals surface area contributed by atoms with E-state index in [2.05, 4.69) is 39.9 Å². The van der Waals surface area contributed by atoms with Crippen LogP contribution in [0.15, 0.2) is 11.6 Å². The van der Waals surface area contributed by atoms with Crippen LogP contribution in [0.2, 0.25) is 18.1 Å². The first-order valence-corrected chi connectivity index (χ1v) is 13.4. The lowest BCUT2D eigenvalue weighted by atomic mass is 9.93. The summed E-state index contributed by atoms with van der Waals surface area (Å²) in [6.45, 7) is 15.1. The average molecular weight is 433 g/mol. The molecule has 0 radical (unpaired) electrons. The summed E-state index contributed by atoms with van der Waals surface area (Å²) >= 11 is 0. The zero-order valence-corrected chi connectivity index (χ0v) is 20.9. The van der Waals surface area contributed by atoms with Gasteiger partial charge in [-0.1, -0.05) is 32.4 Å². The van der Waals surface area contributed by atoms with Gasteiger partial charge >= 0.3 is 0 Å². The molecule has 2 atom stereocenters. The second kappa shape index (κ2) is 15.3. The Bertz CT molecular complexity index is 459. The molecule has 0 aromatic carbocycles. The Morgan fingerprint density at radius 1 is 1.03 bits per heavy atom. The topological polar surface area (TPSA) is 63.2 Å². The number of carbonyl (C=O) groups excluding carboxylic acids is 1. The highest BCUT2D eigenvalue weighted by Gasteiger charge is 2.37. The summed E-state index contributed by atoms with van der Waals surface area (Å²) in [5.74, 6) is 0.220. The number of hydrogen-bond acceptors (Lipinski definition) is 6. The minimum absolute atomic E-state index is 0.115. The summed E-state index contributed by atoms with van der Waals surface area (Å²) in [6.07, 6.45) is 5.92. The molecule has 0 aromatic rings. The second-order valence-corrected chi connectivity index (χ2v) is 13.8.